The summed E-state index contributed by atoms with van der Waals surface area (Å²) in [6.07, 6.45) is -1.88. The smallest absolute Gasteiger partial charge is 0.326 e. The molecule has 1 saturated heterocycles. The van der Waals surface area contributed by atoms with Gasteiger partial charge in [0.2, 0.25) is 59.1 Å². The Morgan fingerprint density at radius 2 is 1.04 bits per heavy atom. The van der Waals surface area contributed by atoms with Gasteiger partial charge in [0.1, 0.15) is 59.8 Å². The summed E-state index contributed by atoms with van der Waals surface area (Å²) in [4.78, 5) is 157. The number of phenolic OH excluding ortho intramolecular Hbond substituents is 2. The Kier molecular flexibility index (Phi) is 25.2. The standard InChI is InChI=1S/C48H67N11O18/c1-24(2)16-30(42(70)56-33(19-40(67)68)47(75)59-15-3-4-36(59)48(76)77)54-45(73)34(22-60)58-46(74)35(23-61)57-44(72)32(18-26-7-11-28(63)12-8-26)55-43(71)31(17-25-5-9-27(62)10-6-25)53-39(66)21-51-41(69)29(13-14-37(50)64)52-38(65)20-49/h5-12,24,29-36,60-63H,3-4,13-23,49H2,1-2H3,(H2,50,64)(H,51,69)(H,52,65)(H,53,66)(H,54,73)(H,55,71)(H,56,70)(H,57,72)(H,58,74)(H,67,68)(H,76,77)/t29-,30-,31-,32-,33-,34-,35-,36-/m0/s1. The van der Waals surface area contributed by atoms with Crippen LogP contribution in [0.4, 0.5) is 0 Å². The first kappa shape index (κ1) is 62.9. The van der Waals surface area contributed by atoms with Crippen LogP contribution in [0.2, 0.25) is 0 Å². The van der Waals surface area contributed by atoms with Crippen LogP contribution in [-0.2, 0) is 70.4 Å². The summed E-state index contributed by atoms with van der Waals surface area (Å²) in [5.41, 5.74) is 11.2. The van der Waals surface area contributed by atoms with E-state index in [4.69, 9.17) is 11.5 Å². The number of rotatable bonds is 31. The number of aliphatic hydroxyl groups is 2. The summed E-state index contributed by atoms with van der Waals surface area (Å²) >= 11 is 0. The molecule has 1 aliphatic rings. The third kappa shape index (κ3) is 21.0. The zero-order valence-electron chi connectivity index (χ0n) is 42.2. The minimum Gasteiger partial charge on any atom is -0.508 e. The highest BCUT2D eigenvalue weighted by Gasteiger charge is 2.40. The number of carboxylic acid groups (broad SMARTS) is 2. The molecule has 0 aliphatic carbocycles. The van der Waals surface area contributed by atoms with E-state index in [0.717, 1.165) is 4.90 Å². The number of carbonyl (C=O) groups excluding carboxylic acids is 10. The third-order valence-electron chi connectivity index (χ3n) is 11.8. The lowest BCUT2D eigenvalue weighted by atomic mass is 10.0. The maximum Gasteiger partial charge on any atom is 0.326 e. The van der Waals surface area contributed by atoms with Crippen LogP contribution in [0.5, 0.6) is 11.5 Å². The van der Waals surface area contributed by atoms with Gasteiger partial charge in [0.25, 0.3) is 0 Å². The van der Waals surface area contributed by atoms with E-state index < -0.39 is 152 Å². The van der Waals surface area contributed by atoms with Crippen molar-refractivity contribution in [3.63, 3.8) is 0 Å². The summed E-state index contributed by atoms with van der Waals surface area (Å²) in [5, 5.41) is 78.0. The first-order chi connectivity index (χ1) is 36.3. The number of benzene rings is 2. The number of carboxylic acids is 2. The normalized spacial score (nSPS) is 15.7. The van der Waals surface area contributed by atoms with Crippen LogP contribution < -0.4 is 54.0 Å². The van der Waals surface area contributed by atoms with E-state index in [9.17, 15) is 88.2 Å². The van der Waals surface area contributed by atoms with Gasteiger partial charge in [-0.1, -0.05) is 38.1 Å². The molecular formula is C48H67N11O18. The van der Waals surface area contributed by atoms with Crippen molar-refractivity contribution in [3.8, 4) is 11.5 Å². The molecule has 29 nitrogen and oxygen atoms in total. The predicted molar refractivity (Wildman–Crippen MR) is 266 cm³/mol. The van der Waals surface area contributed by atoms with Gasteiger partial charge >= 0.3 is 11.9 Å². The molecule has 2 aromatic rings. The number of primary amides is 1. The summed E-state index contributed by atoms with van der Waals surface area (Å²) in [6.45, 7) is -0.260. The molecule has 0 radical (unpaired) electrons. The topological polar surface area (TPSA) is 478 Å². The second-order valence-corrected chi connectivity index (χ2v) is 18.3. The second-order valence-electron chi connectivity index (χ2n) is 18.3. The lowest BCUT2D eigenvalue weighted by Crippen LogP contribution is -2.61. The van der Waals surface area contributed by atoms with Crippen molar-refractivity contribution in [1.29, 1.82) is 0 Å². The largest absolute Gasteiger partial charge is 0.508 e. The molecule has 1 fully saturated rings. The quantitative estimate of drug-likeness (QED) is 0.0334. The third-order valence-corrected chi connectivity index (χ3v) is 11.8. The van der Waals surface area contributed by atoms with Crippen molar-refractivity contribution >= 4 is 71.0 Å². The molecule has 8 atom stereocenters. The highest BCUT2D eigenvalue weighted by molar-refractivity contribution is 5.99. The molecule has 18 N–H and O–H groups in total. The van der Waals surface area contributed by atoms with E-state index in [0.29, 0.717) is 17.5 Å². The molecular weight excluding hydrogens is 1020 g/mol. The highest BCUT2D eigenvalue weighted by Crippen LogP contribution is 2.20. The van der Waals surface area contributed by atoms with Crippen molar-refractivity contribution in [1.82, 2.24) is 47.4 Å². The van der Waals surface area contributed by atoms with Crippen molar-refractivity contribution in [2.24, 2.45) is 17.4 Å². The Morgan fingerprint density at radius 1 is 0.597 bits per heavy atom. The monoisotopic (exact) mass is 1090 g/mol. The number of nitrogens with zero attached hydrogens (tertiary/aromatic N) is 1. The van der Waals surface area contributed by atoms with E-state index >= 15 is 0 Å². The van der Waals surface area contributed by atoms with Gasteiger partial charge < -0.3 is 89.5 Å². The number of hydrogen-bond acceptors (Lipinski definition) is 17. The van der Waals surface area contributed by atoms with Crippen LogP contribution >= 0.6 is 0 Å². The van der Waals surface area contributed by atoms with Gasteiger partial charge in [-0.15, -0.1) is 0 Å². The van der Waals surface area contributed by atoms with E-state index in [1.165, 1.54) is 48.5 Å². The van der Waals surface area contributed by atoms with Gasteiger partial charge in [0.15, 0.2) is 0 Å². The fourth-order valence-electron chi connectivity index (χ4n) is 7.81. The molecule has 0 saturated carbocycles. The Morgan fingerprint density at radius 3 is 1.49 bits per heavy atom. The number of carbonyl (C=O) groups is 12. The predicted octanol–water partition coefficient (Wildman–Crippen LogP) is -5.80. The molecule has 10 amide bonds. The second kappa shape index (κ2) is 30.8. The maximum atomic E-state index is 14.2. The summed E-state index contributed by atoms with van der Waals surface area (Å²) in [6, 6.07) is -2.06. The van der Waals surface area contributed by atoms with Crippen LogP contribution in [-0.4, -0.2) is 188 Å². The van der Waals surface area contributed by atoms with E-state index in [2.05, 4.69) is 42.5 Å². The molecule has 0 bridgehead atoms. The van der Waals surface area contributed by atoms with Crippen molar-refractivity contribution < 1.29 is 88.2 Å². The first-order valence-corrected chi connectivity index (χ1v) is 24.2. The SMILES string of the molecule is CC(C)C[C@H](NC(=O)[C@H](CO)NC(=O)[C@H](CO)NC(=O)[C@H](Cc1ccc(O)cc1)NC(=O)[C@H](Cc1ccc(O)cc1)NC(=O)CNC(=O)[C@H](CCC(N)=O)NC(=O)CN)C(=O)N[C@@H](CC(=O)O)C(=O)N1CCC[C@H]1C(=O)O. The molecule has 1 heterocycles. The van der Waals surface area contributed by atoms with Gasteiger partial charge in [0, 0.05) is 25.8 Å². The lowest BCUT2D eigenvalue weighted by Gasteiger charge is -2.29. The zero-order valence-corrected chi connectivity index (χ0v) is 42.2. The molecule has 29 heteroatoms. The van der Waals surface area contributed by atoms with Crippen LogP contribution in [0.15, 0.2) is 48.5 Å². The van der Waals surface area contributed by atoms with Crippen LogP contribution in [0.1, 0.15) is 63.5 Å². The number of aliphatic carboxylic acids is 2. The molecule has 0 spiro atoms. The van der Waals surface area contributed by atoms with Crippen LogP contribution in [0.25, 0.3) is 0 Å². The lowest BCUT2D eigenvalue weighted by molar-refractivity contribution is -0.150. The number of aliphatic hydroxyl groups excluding tert-OH is 2. The molecule has 422 valence electrons. The van der Waals surface area contributed by atoms with Crippen LogP contribution in [0, 0.1) is 5.92 Å². The Balaban J connectivity index is 1.84. The van der Waals surface area contributed by atoms with Crippen molar-refractivity contribution in [3.05, 3.63) is 59.7 Å². The minimum absolute atomic E-state index is 0.0212. The summed E-state index contributed by atoms with van der Waals surface area (Å²) in [5.74, 6) is -13.5. The minimum atomic E-state index is -1.90. The van der Waals surface area contributed by atoms with Gasteiger partial charge in [-0.2, -0.15) is 0 Å². The Labute approximate surface area is 440 Å². The molecule has 3 rings (SSSR count). The number of aromatic hydroxyl groups is 2. The first-order valence-electron chi connectivity index (χ1n) is 24.2. The number of likely N-dealkylation sites (tertiary alicyclic amines) is 1. The fraction of sp³-hybridized carbons (Fsp3) is 0.500. The number of amides is 10. The van der Waals surface area contributed by atoms with Crippen molar-refractivity contribution in [2.75, 3.05) is 32.8 Å². The molecule has 1 aliphatic heterocycles. The van der Waals surface area contributed by atoms with E-state index in [-0.39, 0.29) is 62.5 Å². The molecule has 77 heavy (non-hydrogen) atoms. The Hall–Kier alpha value is -8.44. The fourth-order valence-corrected chi connectivity index (χ4v) is 7.81. The van der Waals surface area contributed by atoms with Crippen molar-refractivity contribution in [2.45, 2.75) is 114 Å². The molecule has 0 aromatic heterocycles. The maximum absolute atomic E-state index is 14.2. The number of nitrogens with two attached hydrogens (primary N) is 2. The van der Waals surface area contributed by atoms with Gasteiger partial charge in [0.05, 0.1) is 32.7 Å². The molecule has 0 unspecified atom stereocenters. The average molecular weight is 1090 g/mol. The Bertz CT molecular complexity index is 2440. The van der Waals surface area contributed by atoms with Gasteiger partial charge in [-0.25, -0.2) is 4.79 Å². The zero-order chi connectivity index (χ0) is 57.5. The molecule has 2 aromatic carbocycles. The summed E-state index contributed by atoms with van der Waals surface area (Å²) < 4.78 is 0. The van der Waals surface area contributed by atoms with Gasteiger partial charge in [-0.05, 0) is 67.0 Å². The van der Waals surface area contributed by atoms with Crippen LogP contribution in [0.3, 0.4) is 0 Å². The average Bonchev–Trinajstić information content (AvgIpc) is 3.88. The van der Waals surface area contributed by atoms with E-state index in [1.54, 1.807) is 13.8 Å². The number of hydrogen-bond donors (Lipinski definition) is 16. The number of phenols is 2. The summed E-state index contributed by atoms with van der Waals surface area (Å²) in [7, 11) is 0. The highest BCUT2D eigenvalue weighted by atomic mass is 16.4. The van der Waals surface area contributed by atoms with Gasteiger partial charge in [-0.3, -0.25) is 52.7 Å². The van der Waals surface area contributed by atoms with E-state index in [1.807, 2.05) is 0 Å². The number of nitrogens with one attached hydrogen (secondary N) is 8.